The molecule has 0 spiro atoms. The van der Waals surface area contributed by atoms with E-state index >= 15 is 0 Å². The van der Waals surface area contributed by atoms with Crippen LogP contribution in [0.4, 0.5) is 13.2 Å². The number of ether oxygens (including phenoxy) is 1. The van der Waals surface area contributed by atoms with Crippen molar-refractivity contribution in [2.24, 2.45) is 0 Å². The number of aromatic nitrogens is 2. The van der Waals surface area contributed by atoms with Gasteiger partial charge in [-0.2, -0.15) is 19.3 Å². The Bertz CT molecular complexity index is 921. The van der Waals surface area contributed by atoms with Gasteiger partial charge in [0.1, 0.15) is 23.7 Å². The van der Waals surface area contributed by atoms with Gasteiger partial charge in [-0.1, -0.05) is 11.6 Å². The molecule has 10 heteroatoms. The van der Waals surface area contributed by atoms with Crippen molar-refractivity contribution in [3.8, 4) is 23.6 Å². The van der Waals surface area contributed by atoms with Crippen LogP contribution in [0.25, 0.3) is 5.69 Å². The number of alkyl halides is 2. The first kappa shape index (κ1) is 16.5. The number of rotatable bonds is 3. The van der Waals surface area contributed by atoms with Crippen molar-refractivity contribution >= 4 is 11.6 Å². The van der Waals surface area contributed by atoms with Crippen molar-refractivity contribution in [3.63, 3.8) is 0 Å². The first-order valence-corrected chi connectivity index (χ1v) is 6.24. The van der Waals surface area contributed by atoms with Crippen molar-refractivity contribution in [2.75, 3.05) is 7.11 Å². The third-order valence-electron chi connectivity index (χ3n) is 2.96. The van der Waals surface area contributed by atoms with Gasteiger partial charge in [0.15, 0.2) is 11.4 Å². The summed E-state index contributed by atoms with van der Waals surface area (Å²) >= 11 is 5.72. The Morgan fingerprint density at radius 2 is 1.87 bits per heavy atom. The normalized spacial score (nSPS) is 10.4. The van der Waals surface area contributed by atoms with Crippen LogP contribution in [-0.2, 0) is 0 Å². The van der Waals surface area contributed by atoms with E-state index in [-0.39, 0.29) is 15.3 Å². The molecule has 0 bridgehead atoms. The van der Waals surface area contributed by atoms with Crippen LogP contribution in [0, 0.1) is 28.5 Å². The number of imidazole rings is 1. The van der Waals surface area contributed by atoms with Crippen molar-refractivity contribution < 1.29 is 17.9 Å². The summed E-state index contributed by atoms with van der Waals surface area (Å²) < 4.78 is 45.1. The van der Waals surface area contributed by atoms with Crippen LogP contribution >= 0.6 is 11.6 Å². The highest BCUT2D eigenvalue weighted by Crippen LogP contribution is 2.30. The lowest BCUT2D eigenvalue weighted by atomic mass is 10.2. The summed E-state index contributed by atoms with van der Waals surface area (Å²) in [6, 6.07) is 4.57. The standard InChI is InChI=1S/C13H6ClF3N4O2/c1-23-11-3-8(7(15)2-6(11)14)20-9(4-18)10(5-19)21(12(16)17)13(20)22/h2-3,12H,1H3. The van der Waals surface area contributed by atoms with E-state index in [2.05, 4.69) is 0 Å². The molecule has 0 saturated heterocycles. The zero-order valence-corrected chi connectivity index (χ0v) is 12.1. The van der Waals surface area contributed by atoms with Crippen LogP contribution in [-0.4, -0.2) is 16.2 Å². The third-order valence-corrected chi connectivity index (χ3v) is 3.25. The molecular weight excluding hydrogens is 337 g/mol. The van der Waals surface area contributed by atoms with Gasteiger partial charge in [-0.05, 0) is 6.07 Å². The number of benzene rings is 1. The molecule has 118 valence electrons. The molecule has 0 saturated carbocycles. The highest BCUT2D eigenvalue weighted by Gasteiger charge is 2.27. The largest absolute Gasteiger partial charge is 0.495 e. The third kappa shape index (κ3) is 2.51. The summed E-state index contributed by atoms with van der Waals surface area (Å²) in [5, 5.41) is 17.9. The second-order valence-electron chi connectivity index (χ2n) is 4.12. The highest BCUT2D eigenvalue weighted by atomic mass is 35.5. The minimum atomic E-state index is -3.37. The van der Waals surface area contributed by atoms with E-state index in [9.17, 15) is 18.0 Å². The molecule has 1 heterocycles. The fraction of sp³-hybridized carbons (Fsp3) is 0.154. The predicted octanol–water partition coefficient (Wildman–Crippen LogP) is 2.58. The van der Waals surface area contributed by atoms with Crippen molar-refractivity contribution in [3.05, 3.63) is 44.8 Å². The Morgan fingerprint density at radius 3 is 2.35 bits per heavy atom. The monoisotopic (exact) mass is 342 g/mol. The smallest absolute Gasteiger partial charge is 0.339 e. The average molecular weight is 343 g/mol. The van der Waals surface area contributed by atoms with Gasteiger partial charge in [0.05, 0.1) is 17.8 Å². The first-order valence-electron chi connectivity index (χ1n) is 5.86. The van der Waals surface area contributed by atoms with Crippen LogP contribution in [0.1, 0.15) is 17.9 Å². The zero-order chi connectivity index (χ0) is 17.3. The van der Waals surface area contributed by atoms with Crippen LogP contribution in [0.5, 0.6) is 5.75 Å². The Hall–Kier alpha value is -2.91. The molecule has 2 rings (SSSR count). The van der Waals surface area contributed by atoms with Gasteiger partial charge in [-0.3, -0.25) is 0 Å². The summed E-state index contributed by atoms with van der Waals surface area (Å²) in [6.07, 6.45) is 0. The molecule has 0 unspecified atom stereocenters. The molecule has 0 fully saturated rings. The minimum absolute atomic E-state index is 0.0397. The molecule has 1 aromatic carbocycles. The van der Waals surface area contributed by atoms with Crippen molar-refractivity contribution in [2.45, 2.75) is 6.55 Å². The number of hydrogen-bond acceptors (Lipinski definition) is 4. The lowest BCUT2D eigenvalue weighted by molar-refractivity contribution is 0.0654. The molecule has 6 nitrogen and oxygen atoms in total. The lowest BCUT2D eigenvalue weighted by Gasteiger charge is -2.09. The Balaban J connectivity index is 2.94. The van der Waals surface area contributed by atoms with Crippen molar-refractivity contribution in [1.82, 2.24) is 9.13 Å². The maximum absolute atomic E-state index is 14.1. The fourth-order valence-electron chi connectivity index (χ4n) is 1.98. The van der Waals surface area contributed by atoms with Crippen molar-refractivity contribution in [1.29, 1.82) is 10.5 Å². The maximum atomic E-state index is 14.1. The predicted molar refractivity (Wildman–Crippen MR) is 72.2 cm³/mol. The SMILES string of the molecule is COc1cc(-n2c(C#N)c(C#N)n(C(F)F)c2=O)c(F)cc1Cl. The topological polar surface area (TPSA) is 83.7 Å². The molecule has 0 radical (unpaired) electrons. The lowest BCUT2D eigenvalue weighted by Crippen LogP contribution is -2.25. The summed E-state index contributed by atoms with van der Waals surface area (Å²) in [4.78, 5) is 12.1. The van der Waals surface area contributed by atoms with Gasteiger partial charge in [0.25, 0.3) is 0 Å². The first-order chi connectivity index (χ1) is 10.9. The van der Waals surface area contributed by atoms with E-state index in [4.69, 9.17) is 26.9 Å². The molecule has 0 aliphatic carbocycles. The summed E-state index contributed by atoms with van der Waals surface area (Å²) in [6.45, 7) is -3.37. The van der Waals surface area contributed by atoms with Gasteiger partial charge in [0.2, 0.25) is 0 Å². The maximum Gasteiger partial charge on any atom is 0.339 e. The minimum Gasteiger partial charge on any atom is -0.495 e. The van der Waals surface area contributed by atoms with E-state index in [1.54, 1.807) is 0 Å². The molecule has 0 atom stereocenters. The van der Waals surface area contributed by atoms with E-state index in [1.165, 1.54) is 19.2 Å². The number of halogens is 4. The summed E-state index contributed by atoms with van der Waals surface area (Å²) in [7, 11) is 1.22. The highest BCUT2D eigenvalue weighted by molar-refractivity contribution is 6.32. The van der Waals surface area contributed by atoms with Crippen LogP contribution < -0.4 is 10.4 Å². The van der Waals surface area contributed by atoms with Crippen LogP contribution in [0.2, 0.25) is 5.02 Å². The molecular formula is C13H6ClF3N4O2. The molecule has 2 aromatic rings. The van der Waals surface area contributed by atoms with Crippen LogP contribution in [0.3, 0.4) is 0 Å². The second-order valence-corrected chi connectivity index (χ2v) is 4.53. The van der Waals surface area contributed by atoms with Gasteiger partial charge in [-0.25, -0.2) is 18.3 Å². The Kier molecular flexibility index (Phi) is 4.34. The summed E-state index contributed by atoms with van der Waals surface area (Å²) in [5.74, 6) is -1.09. The van der Waals surface area contributed by atoms with Gasteiger partial charge < -0.3 is 4.74 Å². The Labute approximate surface area is 132 Å². The second kappa shape index (κ2) is 6.07. The molecule has 0 aliphatic rings. The fourth-order valence-corrected chi connectivity index (χ4v) is 2.21. The molecule has 0 amide bonds. The number of methoxy groups -OCH3 is 1. The van der Waals surface area contributed by atoms with Crippen LogP contribution in [0.15, 0.2) is 16.9 Å². The number of nitrogens with zero attached hydrogens (tertiary/aromatic N) is 4. The van der Waals surface area contributed by atoms with E-state index in [0.29, 0.717) is 4.57 Å². The summed E-state index contributed by atoms with van der Waals surface area (Å²) in [5.41, 5.74) is -3.57. The molecule has 0 N–H and O–H groups in total. The van der Waals surface area contributed by atoms with Gasteiger partial charge >= 0.3 is 12.2 Å². The number of hydrogen-bond donors (Lipinski definition) is 0. The molecule has 1 aromatic heterocycles. The average Bonchev–Trinajstić information content (AvgIpc) is 2.79. The van der Waals surface area contributed by atoms with E-state index in [0.717, 1.165) is 12.1 Å². The number of nitriles is 2. The molecule has 23 heavy (non-hydrogen) atoms. The van der Waals surface area contributed by atoms with E-state index in [1.807, 2.05) is 0 Å². The van der Waals surface area contributed by atoms with Gasteiger partial charge in [-0.15, -0.1) is 0 Å². The van der Waals surface area contributed by atoms with E-state index < -0.39 is 35.1 Å². The quantitative estimate of drug-likeness (QED) is 0.858. The zero-order valence-electron chi connectivity index (χ0n) is 11.3. The Morgan fingerprint density at radius 1 is 1.26 bits per heavy atom. The molecule has 0 aliphatic heterocycles. The van der Waals surface area contributed by atoms with Gasteiger partial charge in [0, 0.05) is 6.07 Å².